The van der Waals surface area contributed by atoms with Crippen LogP contribution >= 0.6 is 0 Å². The fourth-order valence-corrected chi connectivity index (χ4v) is 1.17. The van der Waals surface area contributed by atoms with Crippen molar-refractivity contribution in [3.8, 4) is 0 Å². The third-order valence-electron chi connectivity index (χ3n) is 1.97. The van der Waals surface area contributed by atoms with E-state index in [1.54, 1.807) is 23.0 Å². The van der Waals surface area contributed by atoms with Crippen molar-refractivity contribution >= 4 is 5.97 Å². The van der Waals surface area contributed by atoms with Gasteiger partial charge < -0.3 is 10.5 Å². The van der Waals surface area contributed by atoms with Gasteiger partial charge in [0.1, 0.15) is 5.69 Å². The molecule has 4 heteroatoms. The van der Waals surface area contributed by atoms with E-state index in [9.17, 15) is 4.79 Å². The van der Waals surface area contributed by atoms with Gasteiger partial charge in [0.2, 0.25) is 0 Å². The molecular weight excluding hydrogens is 180 g/mol. The SMILES string of the molecule is CC(C)CCNn1cccc1C(=O)O. The van der Waals surface area contributed by atoms with Crippen molar-refractivity contribution in [1.29, 1.82) is 0 Å². The fraction of sp³-hybridized carbons (Fsp3) is 0.500. The lowest BCUT2D eigenvalue weighted by Crippen LogP contribution is -2.20. The monoisotopic (exact) mass is 196 g/mol. The Hall–Kier alpha value is -1.45. The van der Waals surface area contributed by atoms with Gasteiger partial charge in [-0.3, -0.25) is 4.68 Å². The first-order chi connectivity index (χ1) is 6.61. The number of aromatic carboxylic acids is 1. The Morgan fingerprint density at radius 2 is 2.36 bits per heavy atom. The lowest BCUT2D eigenvalue weighted by molar-refractivity contribution is 0.0687. The molecule has 1 aromatic heterocycles. The van der Waals surface area contributed by atoms with Crippen LogP contribution in [-0.2, 0) is 0 Å². The van der Waals surface area contributed by atoms with Crippen LogP contribution in [0.5, 0.6) is 0 Å². The molecule has 0 unspecified atom stereocenters. The highest BCUT2D eigenvalue weighted by Gasteiger charge is 2.07. The van der Waals surface area contributed by atoms with Crippen molar-refractivity contribution in [1.82, 2.24) is 4.68 Å². The Labute approximate surface area is 83.5 Å². The molecule has 0 fully saturated rings. The largest absolute Gasteiger partial charge is 0.477 e. The first kappa shape index (κ1) is 10.6. The Bertz CT molecular complexity index is 305. The van der Waals surface area contributed by atoms with Crippen LogP contribution < -0.4 is 5.43 Å². The maximum Gasteiger partial charge on any atom is 0.354 e. The second-order valence-electron chi connectivity index (χ2n) is 3.66. The number of rotatable bonds is 5. The summed E-state index contributed by atoms with van der Waals surface area (Å²) in [5.41, 5.74) is 3.31. The minimum atomic E-state index is -0.910. The highest BCUT2D eigenvalue weighted by atomic mass is 16.4. The van der Waals surface area contributed by atoms with Gasteiger partial charge in [0.25, 0.3) is 0 Å². The standard InChI is InChI=1S/C10H16N2O2/c1-8(2)5-6-11-12-7-3-4-9(12)10(13)14/h3-4,7-8,11H,5-6H2,1-2H3,(H,13,14). The maximum atomic E-state index is 10.7. The molecule has 0 saturated carbocycles. The summed E-state index contributed by atoms with van der Waals surface area (Å²) in [6.07, 6.45) is 2.74. The Morgan fingerprint density at radius 1 is 1.64 bits per heavy atom. The van der Waals surface area contributed by atoms with Crippen LogP contribution in [0.25, 0.3) is 0 Å². The van der Waals surface area contributed by atoms with E-state index in [-0.39, 0.29) is 5.69 Å². The van der Waals surface area contributed by atoms with E-state index in [2.05, 4.69) is 19.3 Å². The number of hydrogen-bond donors (Lipinski definition) is 2. The van der Waals surface area contributed by atoms with Crippen molar-refractivity contribution in [3.05, 3.63) is 24.0 Å². The molecule has 1 rings (SSSR count). The summed E-state index contributed by atoms with van der Waals surface area (Å²) in [6.45, 7) is 5.05. The van der Waals surface area contributed by atoms with Crippen LogP contribution in [0.15, 0.2) is 18.3 Å². The summed E-state index contributed by atoms with van der Waals surface area (Å²) >= 11 is 0. The molecule has 0 spiro atoms. The van der Waals surface area contributed by atoms with E-state index >= 15 is 0 Å². The number of nitrogens with one attached hydrogen (secondary N) is 1. The van der Waals surface area contributed by atoms with E-state index in [0.29, 0.717) is 5.92 Å². The molecule has 0 radical (unpaired) electrons. The lowest BCUT2D eigenvalue weighted by Gasteiger charge is -2.10. The van der Waals surface area contributed by atoms with Crippen molar-refractivity contribution in [2.75, 3.05) is 12.0 Å². The second kappa shape index (κ2) is 4.69. The van der Waals surface area contributed by atoms with Crippen LogP contribution in [0.1, 0.15) is 30.8 Å². The van der Waals surface area contributed by atoms with Gasteiger partial charge in [-0.15, -0.1) is 0 Å². The summed E-state index contributed by atoms with van der Waals surface area (Å²) in [6, 6.07) is 3.29. The van der Waals surface area contributed by atoms with Crippen LogP contribution in [-0.4, -0.2) is 22.3 Å². The molecule has 0 amide bonds. The Balaban J connectivity index is 2.50. The molecule has 0 saturated heterocycles. The molecule has 0 atom stereocenters. The zero-order chi connectivity index (χ0) is 10.6. The first-order valence-corrected chi connectivity index (χ1v) is 4.75. The van der Waals surface area contributed by atoms with E-state index in [0.717, 1.165) is 13.0 Å². The molecule has 0 aliphatic rings. The van der Waals surface area contributed by atoms with Gasteiger partial charge in [-0.05, 0) is 24.5 Å². The normalized spacial score (nSPS) is 10.5. The van der Waals surface area contributed by atoms with Crippen molar-refractivity contribution < 1.29 is 9.90 Å². The molecule has 0 aliphatic carbocycles. The van der Waals surface area contributed by atoms with Gasteiger partial charge >= 0.3 is 5.97 Å². The number of aromatic nitrogens is 1. The summed E-state index contributed by atoms with van der Waals surface area (Å²) in [5, 5.41) is 8.80. The zero-order valence-electron chi connectivity index (χ0n) is 8.53. The first-order valence-electron chi connectivity index (χ1n) is 4.75. The van der Waals surface area contributed by atoms with E-state index in [1.807, 2.05) is 0 Å². The van der Waals surface area contributed by atoms with Gasteiger partial charge in [0.15, 0.2) is 0 Å². The molecule has 0 bridgehead atoms. The molecule has 0 aromatic carbocycles. The van der Waals surface area contributed by atoms with Gasteiger partial charge in [-0.1, -0.05) is 13.8 Å². The number of nitrogens with zero attached hydrogens (tertiary/aromatic N) is 1. The molecule has 14 heavy (non-hydrogen) atoms. The summed E-state index contributed by atoms with van der Waals surface area (Å²) < 4.78 is 1.55. The third-order valence-corrected chi connectivity index (χ3v) is 1.97. The average Bonchev–Trinajstić information content (AvgIpc) is 2.51. The predicted molar refractivity (Wildman–Crippen MR) is 55.1 cm³/mol. The van der Waals surface area contributed by atoms with Gasteiger partial charge in [-0.2, -0.15) is 0 Å². The van der Waals surface area contributed by atoms with Gasteiger partial charge in [0, 0.05) is 12.7 Å². The molecule has 1 heterocycles. The summed E-state index contributed by atoms with van der Waals surface area (Å²) in [5.74, 6) is -0.293. The minimum Gasteiger partial charge on any atom is -0.477 e. The van der Waals surface area contributed by atoms with E-state index in [1.165, 1.54) is 0 Å². The minimum absolute atomic E-state index is 0.272. The van der Waals surface area contributed by atoms with E-state index < -0.39 is 5.97 Å². The molecule has 2 N–H and O–H groups in total. The van der Waals surface area contributed by atoms with Crippen LogP contribution in [0.2, 0.25) is 0 Å². The number of carboxylic acids is 1. The Morgan fingerprint density at radius 3 is 2.93 bits per heavy atom. The average molecular weight is 196 g/mol. The molecule has 0 aliphatic heterocycles. The van der Waals surface area contributed by atoms with Crippen molar-refractivity contribution in [2.24, 2.45) is 5.92 Å². The summed E-state index contributed by atoms with van der Waals surface area (Å²) in [7, 11) is 0. The molecule has 1 aromatic rings. The number of carbonyl (C=O) groups is 1. The van der Waals surface area contributed by atoms with Crippen LogP contribution in [0.4, 0.5) is 0 Å². The summed E-state index contributed by atoms with van der Waals surface area (Å²) in [4.78, 5) is 10.7. The number of hydrogen-bond acceptors (Lipinski definition) is 2. The molecular formula is C10H16N2O2. The van der Waals surface area contributed by atoms with Crippen molar-refractivity contribution in [2.45, 2.75) is 20.3 Å². The highest BCUT2D eigenvalue weighted by molar-refractivity contribution is 5.85. The molecule has 78 valence electrons. The van der Waals surface area contributed by atoms with Gasteiger partial charge in [-0.25, -0.2) is 4.79 Å². The highest BCUT2D eigenvalue weighted by Crippen LogP contribution is 2.01. The second-order valence-corrected chi connectivity index (χ2v) is 3.66. The lowest BCUT2D eigenvalue weighted by atomic mass is 10.1. The Kier molecular flexibility index (Phi) is 3.56. The topological polar surface area (TPSA) is 54.3 Å². The maximum absolute atomic E-state index is 10.7. The number of carboxylic acid groups (broad SMARTS) is 1. The quantitative estimate of drug-likeness (QED) is 0.754. The van der Waals surface area contributed by atoms with Gasteiger partial charge in [0.05, 0.1) is 0 Å². The van der Waals surface area contributed by atoms with Crippen LogP contribution in [0, 0.1) is 5.92 Å². The van der Waals surface area contributed by atoms with E-state index in [4.69, 9.17) is 5.11 Å². The smallest absolute Gasteiger partial charge is 0.354 e. The molecule has 4 nitrogen and oxygen atoms in total. The fourth-order valence-electron chi connectivity index (χ4n) is 1.17. The van der Waals surface area contributed by atoms with Crippen molar-refractivity contribution in [3.63, 3.8) is 0 Å². The third kappa shape index (κ3) is 2.80. The zero-order valence-corrected chi connectivity index (χ0v) is 8.53. The van der Waals surface area contributed by atoms with Crippen LogP contribution in [0.3, 0.4) is 0 Å². The predicted octanol–water partition coefficient (Wildman–Crippen LogP) is 1.78.